The van der Waals surface area contributed by atoms with Crippen molar-refractivity contribution >= 4 is 32.6 Å². The molecule has 1 aromatic rings. The fourth-order valence-corrected chi connectivity index (χ4v) is 3.25. The highest BCUT2D eigenvalue weighted by Crippen LogP contribution is 2.18. The predicted molar refractivity (Wildman–Crippen MR) is 72.7 cm³/mol. The highest BCUT2D eigenvalue weighted by molar-refractivity contribution is 9.10. The third-order valence-corrected chi connectivity index (χ3v) is 4.66. The maximum atomic E-state index is 12.3. The normalized spacial score (nSPS) is 17.2. The molecule has 1 heterocycles. The molecular formula is C12H14BrNO2S. The largest absolute Gasteiger partial charge is 0.337 e. The van der Waals surface area contributed by atoms with E-state index in [2.05, 4.69) is 15.9 Å². The van der Waals surface area contributed by atoms with Gasteiger partial charge in [0.05, 0.1) is 0 Å². The van der Waals surface area contributed by atoms with E-state index in [0.717, 1.165) is 15.6 Å². The molecule has 1 aromatic carbocycles. The van der Waals surface area contributed by atoms with E-state index in [4.69, 9.17) is 0 Å². The molecule has 0 bridgehead atoms. The number of hydrogen-bond acceptors (Lipinski definition) is 2. The molecule has 0 aromatic heterocycles. The van der Waals surface area contributed by atoms with Crippen LogP contribution < -0.4 is 0 Å². The molecule has 0 unspecified atom stereocenters. The lowest BCUT2D eigenvalue weighted by atomic mass is 10.1. The second-order valence-electron chi connectivity index (χ2n) is 4.10. The molecule has 1 saturated heterocycles. The summed E-state index contributed by atoms with van der Waals surface area (Å²) in [6.07, 6.45) is 0. The van der Waals surface area contributed by atoms with Crippen LogP contribution in [0.4, 0.5) is 0 Å². The first-order valence-electron chi connectivity index (χ1n) is 5.48. The topological polar surface area (TPSA) is 37.4 Å². The standard InChI is InChI=1S/C12H14BrNO2S/c1-9-2-3-10(13)8-11(9)12(15)14-4-6-17(16)7-5-14/h2-3,8H,4-7H2,1H3. The molecule has 0 radical (unpaired) electrons. The summed E-state index contributed by atoms with van der Waals surface area (Å²) in [5.74, 6) is 1.23. The fourth-order valence-electron chi connectivity index (χ4n) is 1.84. The predicted octanol–water partition coefficient (Wildman–Crippen LogP) is 1.96. The molecule has 0 N–H and O–H groups in total. The third-order valence-electron chi connectivity index (χ3n) is 2.89. The number of rotatable bonds is 1. The molecule has 0 spiro atoms. The van der Waals surface area contributed by atoms with Gasteiger partial charge in [0, 0.05) is 45.4 Å². The van der Waals surface area contributed by atoms with Gasteiger partial charge in [-0.3, -0.25) is 9.00 Å². The molecule has 92 valence electrons. The Hall–Kier alpha value is -0.680. The zero-order valence-electron chi connectivity index (χ0n) is 9.61. The van der Waals surface area contributed by atoms with Crippen molar-refractivity contribution in [1.29, 1.82) is 0 Å². The molecule has 1 aliphatic rings. The Bertz CT molecular complexity index is 466. The molecule has 3 nitrogen and oxygen atoms in total. The van der Waals surface area contributed by atoms with Crippen LogP contribution in [0.25, 0.3) is 0 Å². The third kappa shape index (κ3) is 2.96. The van der Waals surface area contributed by atoms with E-state index in [9.17, 15) is 9.00 Å². The number of benzene rings is 1. The number of aryl methyl sites for hydroxylation is 1. The Morgan fingerprint density at radius 1 is 1.35 bits per heavy atom. The van der Waals surface area contributed by atoms with Crippen LogP contribution in [0.5, 0.6) is 0 Å². The quantitative estimate of drug-likeness (QED) is 0.794. The molecular weight excluding hydrogens is 302 g/mol. The lowest BCUT2D eigenvalue weighted by Crippen LogP contribution is -2.42. The van der Waals surface area contributed by atoms with Gasteiger partial charge in [-0.05, 0) is 24.6 Å². The highest BCUT2D eigenvalue weighted by atomic mass is 79.9. The highest BCUT2D eigenvalue weighted by Gasteiger charge is 2.22. The summed E-state index contributed by atoms with van der Waals surface area (Å²) in [5.41, 5.74) is 1.71. The first kappa shape index (κ1) is 12.8. The van der Waals surface area contributed by atoms with Crippen molar-refractivity contribution in [2.45, 2.75) is 6.92 Å². The van der Waals surface area contributed by atoms with Crippen molar-refractivity contribution in [2.75, 3.05) is 24.6 Å². The van der Waals surface area contributed by atoms with Gasteiger partial charge in [0.2, 0.25) is 0 Å². The van der Waals surface area contributed by atoms with Crippen LogP contribution in [0.3, 0.4) is 0 Å². The smallest absolute Gasteiger partial charge is 0.254 e. The van der Waals surface area contributed by atoms with E-state index in [1.807, 2.05) is 25.1 Å². The van der Waals surface area contributed by atoms with Crippen LogP contribution >= 0.6 is 15.9 Å². The van der Waals surface area contributed by atoms with Crippen LogP contribution in [0.15, 0.2) is 22.7 Å². The molecule has 0 atom stereocenters. The SMILES string of the molecule is Cc1ccc(Br)cc1C(=O)N1CCS(=O)CC1. The molecule has 5 heteroatoms. The van der Waals surface area contributed by atoms with Gasteiger partial charge in [-0.1, -0.05) is 22.0 Å². The van der Waals surface area contributed by atoms with Gasteiger partial charge in [-0.25, -0.2) is 0 Å². The first-order chi connectivity index (χ1) is 8.08. The van der Waals surface area contributed by atoms with E-state index in [1.165, 1.54) is 0 Å². The van der Waals surface area contributed by atoms with E-state index in [0.29, 0.717) is 24.6 Å². The van der Waals surface area contributed by atoms with E-state index >= 15 is 0 Å². The fraction of sp³-hybridized carbons (Fsp3) is 0.417. The van der Waals surface area contributed by atoms with Gasteiger partial charge in [-0.2, -0.15) is 0 Å². The Morgan fingerprint density at radius 3 is 2.65 bits per heavy atom. The number of halogens is 1. The van der Waals surface area contributed by atoms with E-state index in [1.54, 1.807) is 4.90 Å². The van der Waals surface area contributed by atoms with Crippen molar-refractivity contribution < 1.29 is 9.00 Å². The average molecular weight is 316 g/mol. The van der Waals surface area contributed by atoms with Crippen molar-refractivity contribution in [2.24, 2.45) is 0 Å². The molecule has 2 rings (SSSR count). The van der Waals surface area contributed by atoms with Crippen LogP contribution in [0.1, 0.15) is 15.9 Å². The first-order valence-corrected chi connectivity index (χ1v) is 7.76. The average Bonchev–Trinajstić information content (AvgIpc) is 2.32. The summed E-state index contributed by atoms with van der Waals surface area (Å²) in [4.78, 5) is 14.1. The second kappa shape index (κ2) is 5.31. The summed E-state index contributed by atoms with van der Waals surface area (Å²) < 4.78 is 12.2. The Balaban J connectivity index is 2.19. The molecule has 1 fully saturated rings. The summed E-state index contributed by atoms with van der Waals surface area (Å²) in [5, 5.41) is 0. The van der Waals surface area contributed by atoms with Gasteiger partial charge < -0.3 is 4.90 Å². The van der Waals surface area contributed by atoms with E-state index in [-0.39, 0.29) is 5.91 Å². The number of nitrogens with zero attached hydrogens (tertiary/aromatic N) is 1. The summed E-state index contributed by atoms with van der Waals surface area (Å²) in [6.45, 7) is 3.12. The minimum atomic E-state index is -0.747. The van der Waals surface area contributed by atoms with Crippen LogP contribution in [-0.2, 0) is 10.8 Å². The Labute approximate surface area is 112 Å². The van der Waals surface area contributed by atoms with E-state index < -0.39 is 10.8 Å². The van der Waals surface area contributed by atoms with Crippen LogP contribution in [0, 0.1) is 6.92 Å². The molecule has 0 aliphatic carbocycles. The van der Waals surface area contributed by atoms with Gasteiger partial charge in [0.1, 0.15) is 0 Å². The maximum Gasteiger partial charge on any atom is 0.254 e. The monoisotopic (exact) mass is 315 g/mol. The minimum Gasteiger partial charge on any atom is -0.337 e. The number of carbonyl (C=O) groups excluding carboxylic acids is 1. The molecule has 17 heavy (non-hydrogen) atoms. The maximum absolute atomic E-state index is 12.3. The minimum absolute atomic E-state index is 0.0421. The Kier molecular flexibility index (Phi) is 3.99. The van der Waals surface area contributed by atoms with Crippen molar-refractivity contribution in [1.82, 2.24) is 4.90 Å². The zero-order chi connectivity index (χ0) is 12.4. The number of amides is 1. The van der Waals surface area contributed by atoms with Crippen molar-refractivity contribution in [3.63, 3.8) is 0 Å². The van der Waals surface area contributed by atoms with Crippen molar-refractivity contribution in [3.8, 4) is 0 Å². The zero-order valence-corrected chi connectivity index (χ0v) is 12.0. The van der Waals surface area contributed by atoms with Gasteiger partial charge in [-0.15, -0.1) is 0 Å². The second-order valence-corrected chi connectivity index (χ2v) is 6.71. The van der Waals surface area contributed by atoms with Crippen LogP contribution in [-0.4, -0.2) is 39.6 Å². The number of hydrogen-bond donors (Lipinski definition) is 0. The van der Waals surface area contributed by atoms with Crippen LogP contribution in [0.2, 0.25) is 0 Å². The summed E-state index contributed by atoms with van der Waals surface area (Å²) in [6, 6.07) is 5.71. The summed E-state index contributed by atoms with van der Waals surface area (Å²) in [7, 11) is -0.747. The molecule has 1 aliphatic heterocycles. The lowest BCUT2D eigenvalue weighted by Gasteiger charge is -2.27. The lowest BCUT2D eigenvalue weighted by molar-refractivity contribution is 0.0770. The van der Waals surface area contributed by atoms with Gasteiger partial charge in [0.15, 0.2) is 0 Å². The van der Waals surface area contributed by atoms with Gasteiger partial charge >= 0.3 is 0 Å². The van der Waals surface area contributed by atoms with Crippen molar-refractivity contribution in [3.05, 3.63) is 33.8 Å². The Morgan fingerprint density at radius 2 is 2.00 bits per heavy atom. The number of carbonyl (C=O) groups is 1. The molecule has 0 saturated carbocycles. The molecule has 1 amide bonds. The van der Waals surface area contributed by atoms with Gasteiger partial charge in [0.25, 0.3) is 5.91 Å². The summed E-state index contributed by atoms with van der Waals surface area (Å²) >= 11 is 3.38.